The first-order chi connectivity index (χ1) is 10.1. The van der Waals surface area contributed by atoms with Crippen molar-refractivity contribution in [1.29, 1.82) is 0 Å². The molecule has 0 radical (unpaired) electrons. The van der Waals surface area contributed by atoms with Crippen molar-refractivity contribution in [2.24, 2.45) is 0 Å². The Balaban J connectivity index is 1.93. The summed E-state index contributed by atoms with van der Waals surface area (Å²) in [6.45, 7) is 4.08. The fraction of sp³-hybridized carbons (Fsp3) is 0.471. The monoisotopic (exact) mass is 286 g/mol. The lowest BCUT2D eigenvalue weighted by molar-refractivity contribution is 0.199. The van der Waals surface area contributed by atoms with E-state index >= 15 is 0 Å². The molecule has 1 heterocycles. The van der Waals surface area contributed by atoms with Gasteiger partial charge in [0.15, 0.2) is 5.75 Å². The van der Waals surface area contributed by atoms with Gasteiger partial charge in [-0.05, 0) is 43.7 Å². The Morgan fingerprint density at radius 3 is 2.43 bits per heavy atom. The molecule has 0 aliphatic heterocycles. The fourth-order valence-corrected chi connectivity index (χ4v) is 2.71. The fourth-order valence-electron chi connectivity index (χ4n) is 2.71. The van der Waals surface area contributed by atoms with Crippen LogP contribution in [-0.2, 0) is 0 Å². The number of nitrogens with zero attached hydrogens (tertiary/aromatic N) is 2. The first kappa shape index (κ1) is 14.1. The van der Waals surface area contributed by atoms with Crippen LogP contribution in [0.5, 0.6) is 5.75 Å². The van der Waals surface area contributed by atoms with E-state index in [9.17, 15) is 5.11 Å². The number of ether oxygens (including phenoxy) is 1. The van der Waals surface area contributed by atoms with E-state index in [1.807, 2.05) is 30.7 Å². The molecule has 1 aromatic carbocycles. The molecule has 1 aliphatic carbocycles. The number of aliphatic hydroxyl groups excluding tert-OH is 1. The highest BCUT2D eigenvalue weighted by Gasteiger charge is 2.25. The Morgan fingerprint density at radius 1 is 1.24 bits per heavy atom. The van der Waals surface area contributed by atoms with Gasteiger partial charge < -0.3 is 9.84 Å². The average molecular weight is 286 g/mol. The van der Waals surface area contributed by atoms with Gasteiger partial charge in [-0.2, -0.15) is 5.10 Å². The first-order valence-corrected chi connectivity index (χ1v) is 7.51. The molecule has 3 rings (SSSR count). The van der Waals surface area contributed by atoms with Crippen molar-refractivity contribution >= 4 is 0 Å². The van der Waals surface area contributed by atoms with Crippen LogP contribution in [0.1, 0.15) is 61.6 Å². The molecule has 1 saturated carbocycles. The van der Waals surface area contributed by atoms with Gasteiger partial charge in [0.25, 0.3) is 0 Å². The summed E-state index contributed by atoms with van der Waals surface area (Å²) in [4.78, 5) is 0. The zero-order valence-electron chi connectivity index (χ0n) is 12.8. The normalized spacial score (nSPS) is 16.2. The quantitative estimate of drug-likeness (QED) is 0.916. The Hall–Kier alpha value is -1.81. The number of aromatic nitrogens is 2. The third-order valence-corrected chi connectivity index (χ3v) is 4.07. The molecule has 1 aliphatic rings. The summed E-state index contributed by atoms with van der Waals surface area (Å²) in [5.74, 6) is 1.36. The molecule has 1 atom stereocenters. The van der Waals surface area contributed by atoms with E-state index in [-0.39, 0.29) is 6.04 Å². The molecule has 1 unspecified atom stereocenters. The summed E-state index contributed by atoms with van der Waals surface area (Å²) < 4.78 is 7.17. The van der Waals surface area contributed by atoms with Gasteiger partial charge in [0.2, 0.25) is 0 Å². The van der Waals surface area contributed by atoms with Crippen LogP contribution in [0.25, 0.3) is 0 Å². The largest absolute Gasteiger partial charge is 0.493 e. The van der Waals surface area contributed by atoms with Crippen molar-refractivity contribution in [2.75, 3.05) is 7.11 Å². The van der Waals surface area contributed by atoms with E-state index in [4.69, 9.17) is 4.74 Å². The third-order valence-electron chi connectivity index (χ3n) is 4.07. The zero-order valence-corrected chi connectivity index (χ0v) is 12.8. The van der Waals surface area contributed by atoms with E-state index in [0.29, 0.717) is 11.4 Å². The van der Waals surface area contributed by atoms with Crippen LogP contribution in [-0.4, -0.2) is 22.0 Å². The summed E-state index contributed by atoms with van der Waals surface area (Å²) in [6.07, 6.45) is 3.51. The average Bonchev–Trinajstić information content (AvgIpc) is 3.25. The Morgan fingerprint density at radius 2 is 1.90 bits per heavy atom. The van der Waals surface area contributed by atoms with Crippen molar-refractivity contribution < 1.29 is 9.84 Å². The summed E-state index contributed by atoms with van der Waals surface area (Å²) >= 11 is 0. The number of hydrogen-bond donors (Lipinski definition) is 1. The van der Waals surface area contributed by atoms with Gasteiger partial charge in [-0.25, -0.2) is 0 Å². The van der Waals surface area contributed by atoms with Gasteiger partial charge in [-0.15, -0.1) is 0 Å². The molecule has 1 fully saturated rings. The minimum Gasteiger partial charge on any atom is -0.493 e. The maximum Gasteiger partial charge on any atom is 0.163 e. The third kappa shape index (κ3) is 2.68. The topological polar surface area (TPSA) is 47.3 Å². The molecular formula is C17H22N2O2. The minimum atomic E-state index is -0.724. The number of rotatable bonds is 5. The maximum absolute atomic E-state index is 10.7. The zero-order chi connectivity index (χ0) is 15.0. The van der Waals surface area contributed by atoms with E-state index < -0.39 is 6.10 Å². The summed E-state index contributed by atoms with van der Waals surface area (Å²) in [5, 5.41) is 15.0. The molecular weight excluding hydrogens is 264 g/mol. The van der Waals surface area contributed by atoms with Crippen molar-refractivity contribution in [2.45, 2.75) is 44.8 Å². The van der Waals surface area contributed by atoms with Gasteiger partial charge >= 0.3 is 0 Å². The molecule has 4 nitrogen and oxygen atoms in total. The van der Waals surface area contributed by atoms with Crippen LogP contribution in [0.15, 0.2) is 30.5 Å². The molecule has 0 saturated heterocycles. The van der Waals surface area contributed by atoms with Gasteiger partial charge in [-0.1, -0.05) is 24.3 Å². The summed E-state index contributed by atoms with van der Waals surface area (Å²) in [6, 6.07) is 8.44. The Kier molecular flexibility index (Phi) is 3.72. The number of aliphatic hydroxyl groups is 1. The second-order valence-electron chi connectivity index (χ2n) is 5.98. The molecule has 21 heavy (non-hydrogen) atoms. The molecule has 0 amide bonds. The Labute approximate surface area is 125 Å². The van der Waals surface area contributed by atoms with Gasteiger partial charge in [0.05, 0.1) is 13.3 Å². The smallest absolute Gasteiger partial charge is 0.163 e. The lowest BCUT2D eigenvalue weighted by atomic mass is 10.0. The van der Waals surface area contributed by atoms with Crippen LogP contribution >= 0.6 is 0 Å². The maximum atomic E-state index is 10.7. The predicted molar refractivity (Wildman–Crippen MR) is 81.6 cm³/mol. The van der Waals surface area contributed by atoms with Crippen LogP contribution in [0.4, 0.5) is 0 Å². The molecule has 4 heteroatoms. The highest BCUT2D eigenvalue weighted by molar-refractivity contribution is 5.37. The SMILES string of the molecule is COc1cnn(C(C)C)c1C(O)c1ccc(C2CC2)cc1. The summed E-state index contributed by atoms with van der Waals surface area (Å²) in [5.41, 5.74) is 2.96. The molecule has 0 spiro atoms. The van der Waals surface area contributed by atoms with E-state index in [1.54, 1.807) is 13.3 Å². The second kappa shape index (κ2) is 5.53. The minimum absolute atomic E-state index is 0.171. The van der Waals surface area contributed by atoms with Crippen molar-refractivity contribution in [3.63, 3.8) is 0 Å². The number of benzene rings is 1. The lowest BCUT2D eigenvalue weighted by Gasteiger charge is -2.17. The van der Waals surface area contributed by atoms with Crippen molar-refractivity contribution in [3.8, 4) is 5.75 Å². The molecule has 1 N–H and O–H groups in total. The number of hydrogen-bond acceptors (Lipinski definition) is 3. The molecule has 2 aromatic rings. The second-order valence-corrected chi connectivity index (χ2v) is 5.98. The van der Waals surface area contributed by atoms with E-state index in [2.05, 4.69) is 17.2 Å². The lowest BCUT2D eigenvalue weighted by Crippen LogP contribution is -2.13. The highest BCUT2D eigenvalue weighted by atomic mass is 16.5. The van der Waals surface area contributed by atoms with E-state index in [1.165, 1.54) is 18.4 Å². The van der Waals surface area contributed by atoms with Crippen molar-refractivity contribution in [3.05, 3.63) is 47.3 Å². The van der Waals surface area contributed by atoms with Crippen LogP contribution < -0.4 is 4.74 Å². The highest BCUT2D eigenvalue weighted by Crippen LogP contribution is 2.40. The van der Waals surface area contributed by atoms with Gasteiger partial charge in [-0.3, -0.25) is 4.68 Å². The van der Waals surface area contributed by atoms with Crippen molar-refractivity contribution in [1.82, 2.24) is 9.78 Å². The van der Waals surface area contributed by atoms with Crippen LogP contribution in [0.2, 0.25) is 0 Å². The first-order valence-electron chi connectivity index (χ1n) is 7.51. The summed E-state index contributed by atoms with van der Waals surface area (Å²) in [7, 11) is 1.61. The van der Waals surface area contributed by atoms with E-state index in [0.717, 1.165) is 11.5 Å². The van der Waals surface area contributed by atoms with Gasteiger partial charge in [0, 0.05) is 6.04 Å². The Bertz CT molecular complexity index is 612. The molecule has 0 bridgehead atoms. The molecule has 1 aromatic heterocycles. The van der Waals surface area contributed by atoms with Crippen LogP contribution in [0.3, 0.4) is 0 Å². The van der Waals surface area contributed by atoms with Gasteiger partial charge in [0.1, 0.15) is 11.8 Å². The standard InChI is InChI=1S/C17H22N2O2/c1-11(2)19-16(15(21-3)10-18-19)17(20)14-8-6-13(7-9-14)12-4-5-12/h6-12,17,20H,4-5H2,1-3H3. The molecule has 112 valence electrons. The predicted octanol–water partition coefficient (Wildman–Crippen LogP) is 3.43. The van der Waals surface area contributed by atoms with Crippen LogP contribution in [0, 0.1) is 0 Å². The number of methoxy groups -OCH3 is 1.